The van der Waals surface area contributed by atoms with E-state index in [1.165, 1.54) is 18.4 Å². The van der Waals surface area contributed by atoms with Crippen LogP contribution >= 0.6 is 24.0 Å². The fraction of sp³-hybridized carbons (Fsp3) is 0.632. The Morgan fingerprint density at radius 1 is 1.29 bits per heavy atom. The molecule has 1 aromatic rings. The molecule has 2 aliphatic carbocycles. The molecule has 5 heteroatoms. The zero-order valence-electron chi connectivity index (χ0n) is 14.3. The molecule has 1 amide bonds. The summed E-state index contributed by atoms with van der Waals surface area (Å²) in [6.45, 7) is 3.31. The van der Waals surface area contributed by atoms with Gasteiger partial charge < -0.3 is 10.6 Å². The van der Waals surface area contributed by atoms with Gasteiger partial charge in [-0.2, -0.15) is 0 Å². The van der Waals surface area contributed by atoms with Crippen LogP contribution in [0.5, 0.6) is 0 Å². The van der Waals surface area contributed by atoms with E-state index in [4.69, 9.17) is 17.3 Å². The van der Waals surface area contributed by atoms with Gasteiger partial charge in [-0.15, -0.1) is 12.4 Å². The Morgan fingerprint density at radius 2 is 1.96 bits per heavy atom. The molecule has 0 saturated heterocycles. The summed E-state index contributed by atoms with van der Waals surface area (Å²) in [4.78, 5) is 14.2. The predicted molar refractivity (Wildman–Crippen MR) is 102 cm³/mol. The Morgan fingerprint density at radius 3 is 2.46 bits per heavy atom. The number of amides is 1. The van der Waals surface area contributed by atoms with Crippen molar-refractivity contribution in [3.8, 4) is 0 Å². The van der Waals surface area contributed by atoms with Gasteiger partial charge in [0, 0.05) is 36.5 Å². The molecule has 0 bridgehead atoms. The molecule has 2 N–H and O–H groups in total. The number of nitrogens with two attached hydrogens (primary N) is 1. The Kier molecular flexibility index (Phi) is 6.58. The highest BCUT2D eigenvalue weighted by atomic mass is 35.5. The van der Waals surface area contributed by atoms with E-state index in [1.54, 1.807) is 6.92 Å². The summed E-state index contributed by atoms with van der Waals surface area (Å²) in [7, 11) is 0. The molecular formula is C19H28Cl2N2O. The Labute approximate surface area is 156 Å². The second-order valence-electron chi connectivity index (χ2n) is 7.34. The number of carbonyl (C=O) groups excluding carboxylic acids is 1. The lowest BCUT2D eigenvalue weighted by Crippen LogP contribution is -2.47. The van der Waals surface area contributed by atoms with Gasteiger partial charge in [0.25, 0.3) is 0 Å². The minimum atomic E-state index is 0. The molecule has 0 unspecified atom stereocenters. The highest BCUT2D eigenvalue weighted by molar-refractivity contribution is 6.30. The number of halogens is 2. The number of benzene rings is 1. The van der Waals surface area contributed by atoms with E-state index in [1.807, 2.05) is 12.1 Å². The van der Waals surface area contributed by atoms with Crippen LogP contribution in [0.2, 0.25) is 5.02 Å². The van der Waals surface area contributed by atoms with E-state index in [9.17, 15) is 4.79 Å². The monoisotopic (exact) mass is 370 g/mol. The molecular weight excluding hydrogens is 343 g/mol. The molecule has 0 aliphatic heterocycles. The smallest absolute Gasteiger partial charge is 0.219 e. The number of hydrogen-bond acceptors (Lipinski definition) is 2. The first-order valence-corrected chi connectivity index (χ1v) is 9.15. The van der Waals surface area contributed by atoms with Crippen LogP contribution in [-0.2, 0) is 10.2 Å². The van der Waals surface area contributed by atoms with Crippen molar-refractivity contribution in [2.24, 2.45) is 11.7 Å². The minimum absolute atomic E-state index is 0. The lowest BCUT2D eigenvalue weighted by atomic mass is 9.68. The fourth-order valence-electron chi connectivity index (χ4n) is 4.01. The zero-order chi connectivity index (χ0) is 16.4. The molecule has 1 aromatic carbocycles. The topological polar surface area (TPSA) is 46.3 Å². The normalized spacial score (nSPS) is 26.5. The highest BCUT2D eigenvalue weighted by Gasteiger charge is 2.39. The van der Waals surface area contributed by atoms with Crippen LogP contribution in [0.15, 0.2) is 24.3 Å². The van der Waals surface area contributed by atoms with Gasteiger partial charge in [0.1, 0.15) is 0 Å². The largest absolute Gasteiger partial charge is 0.340 e. The van der Waals surface area contributed by atoms with Crippen LogP contribution < -0.4 is 5.73 Å². The molecule has 0 atom stereocenters. The zero-order valence-corrected chi connectivity index (χ0v) is 15.9. The summed E-state index contributed by atoms with van der Waals surface area (Å²) >= 11 is 6.17. The predicted octanol–water partition coefficient (Wildman–Crippen LogP) is 4.16. The van der Waals surface area contributed by atoms with Crippen LogP contribution in [0.3, 0.4) is 0 Å². The summed E-state index contributed by atoms with van der Waals surface area (Å²) in [5.41, 5.74) is 7.44. The highest BCUT2D eigenvalue weighted by Crippen LogP contribution is 2.41. The third-order valence-corrected chi connectivity index (χ3v) is 5.97. The average molecular weight is 371 g/mol. The molecule has 2 aliphatic rings. The molecule has 0 heterocycles. The van der Waals surface area contributed by atoms with E-state index in [2.05, 4.69) is 17.0 Å². The van der Waals surface area contributed by atoms with Crippen molar-refractivity contribution in [1.29, 1.82) is 0 Å². The molecule has 24 heavy (non-hydrogen) atoms. The van der Waals surface area contributed by atoms with Gasteiger partial charge in [0.2, 0.25) is 5.91 Å². The maximum atomic E-state index is 12.0. The summed E-state index contributed by atoms with van der Waals surface area (Å²) in [6, 6.07) is 8.50. The van der Waals surface area contributed by atoms with Crippen LogP contribution in [0.1, 0.15) is 51.0 Å². The number of carbonyl (C=O) groups is 1. The van der Waals surface area contributed by atoms with Gasteiger partial charge in [-0.25, -0.2) is 0 Å². The summed E-state index contributed by atoms with van der Waals surface area (Å²) in [5.74, 6) is 0.970. The number of nitrogens with zero attached hydrogens (tertiary/aromatic N) is 1. The van der Waals surface area contributed by atoms with E-state index >= 15 is 0 Å². The molecule has 3 rings (SSSR count). The van der Waals surface area contributed by atoms with Gasteiger partial charge in [-0.3, -0.25) is 4.79 Å². The lowest BCUT2D eigenvalue weighted by molar-refractivity contribution is -0.132. The summed E-state index contributed by atoms with van der Waals surface area (Å²) in [5, 5.41) is 0.775. The first-order valence-electron chi connectivity index (χ1n) is 8.77. The third kappa shape index (κ3) is 4.25. The van der Waals surface area contributed by atoms with Gasteiger partial charge in [-0.05, 0) is 62.1 Å². The van der Waals surface area contributed by atoms with Gasteiger partial charge >= 0.3 is 0 Å². The van der Waals surface area contributed by atoms with Crippen molar-refractivity contribution >= 4 is 29.9 Å². The van der Waals surface area contributed by atoms with Crippen molar-refractivity contribution in [3.63, 3.8) is 0 Å². The summed E-state index contributed by atoms with van der Waals surface area (Å²) < 4.78 is 0. The first kappa shape index (κ1) is 19.6. The third-order valence-electron chi connectivity index (χ3n) is 5.74. The fourth-order valence-corrected chi connectivity index (χ4v) is 4.20. The van der Waals surface area contributed by atoms with Crippen molar-refractivity contribution < 1.29 is 4.79 Å². The van der Waals surface area contributed by atoms with E-state index in [0.29, 0.717) is 12.6 Å². The molecule has 0 radical (unpaired) electrons. The SMILES string of the molecule is CC(=O)N(CC1CC1)[C@H]1CC[C@@](CN)(c2cccc(Cl)c2)CC1.Cl. The van der Waals surface area contributed by atoms with Gasteiger partial charge in [0.15, 0.2) is 0 Å². The summed E-state index contributed by atoms with van der Waals surface area (Å²) in [6.07, 6.45) is 6.70. The van der Waals surface area contributed by atoms with Crippen molar-refractivity contribution in [1.82, 2.24) is 4.90 Å². The molecule has 2 saturated carbocycles. The number of rotatable bonds is 5. The molecule has 2 fully saturated rings. The van der Waals surface area contributed by atoms with E-state index in [0.717, 1.165) is 43.2 Å². The van der Waals surface area contributed by atoms with E-state index in [-0.39, 0.29) is 23.7 Å². The Hall–Kier alpha value is -0.770. The van der Waals surface area contributed by atoms with Crippen LogP contribution in [-0.4, -0.2) is 29.9 Å². The van der Waals surface area contributed by atoms with E-state index < -0.39 is 0 Å². The second-order valence-corrected chi connectivity index (χ2v) is 7.78. The second kappa shape index (κ2) is 8.07. The maximum Gasteiger partial charge on any atom is 0.219 e. The standard InChI is InChI=1S/C19H27ClN2O.ClH/c1-14(23)22(12-15-5-6-15)18-7-9-19(13-21,10-8-18)16-3-2-4-17(20)11-16;/h2-4,11,15,18H,5-10,12-13,21H2,1H3;1H/t18-,19+;. The van der Waals surface area contributed by atoms with Crippen molar-refractivity contribution in [2.45, 2.75) is 56.9 Å². The Bertz CT molecular complexity index is 566. The Balaban J connectivity index is 0.00000208. The molecule has 3 nitrogen and oxygen atoms in total. The van der Waals surface area contributed by atoms with Crippen molar-refractivity contribution in [3.05, 3.63) is 34.9 Å². The van der Waals surface area contributed by atoms with Gasteiger partial charge in [0.05, 0.1) is 0 Å². The molecule has 0 aromatic heterocycles. The lowest BCUT2D eigenvalue weighted by Gasteiger charge is -2.43. The van der Waals surface area contributed by atoms with Gasteiger partial charge in [-0.1, -0.05) is 23.7 Å². The quantitative estimate of drug-likeness (QED) is 0.845. The maximum absolute atomic E-state index is 12.0. The molecule has 0 spiro atoms. The number of hydrogen-bond donors (Lipinski definition) is 1. The molecule has 134 valence electrons. The average Bonchev–Trinajstić information content (AvgIpc) is 3.37. The van der Waals surface area contributed by atoms with Crippen LogP contribution in [0.25, 0.3) is 0 Å². The van der Waals surface area contributed by atoms with Crippen molar-refractivity contribution in [2.75, 3.05) is 13.1 Å². The first-order chi connectivity index (χ1) is 11.0. The minimum Gasteiger partial charge on any atom is -0.340 e. The van der Waals surface area contributed by atoms with Crippen LogP contribution in [0, 0.1) is 5.92 Å². The van der Waals surface area contributed by atoms with Crippen LogP contribution in [0.4, 0.5) is 0 Å².